The summed E-state index contributed by atoms with van der Waals surface area (Å²) in [7, 11) is 0. The molecule has 7 heteroatoms. The Morgan fingerprint density at radius 3 is 2.36 bits per heavy atom. The number of halogens is 2. The number of carbonyl (C=O) groups is 1. The minimum Gasteiger partial charge on any atom is -0.461 e. The summed E-state index contributed by atoms with van der Waals surface area (Å²) in [6.07, 6.45) is 3.28. The minimum atomic E-state index is -3.67. The van der Waals surface area contributed by atoms with Crippen molar-refractivity contribution in [1.82, 2.24) is 9.97 Å². The summed E-state index contributed by atoms with van der Waals surface area (Å²) in [5.41, 5.74) is 1.02. The lowest BCUT2D eigenvalue weighted by Gasteiger charge is -2.15. The van der Waals surface area contributed by atoms with Crippen molar-refractivity contribution in [2.45, 2.75) is 19.8 Å². The standard InChI is InChI=1S/C15H15F2N3O2/c1-3-22-13(21)15(16,17)11-4-6-12(7-5-11)20-14-18-8-10(2)9-19-14/h4-9H,3H2,1-2H3,(H,18,19,20). The molecule has 0 saturated carbocycles. The monoisotopic (exact) mass is 307 g/mol. The Kier molecular flexibility index (Phi) is 4.65. The number of hydrogen-bond acceptors (Lipinski definition) is 5. The number of nitrogens with zero attached hydrogens (tertiary/aromatic N) is 2. The highest BCUT2D eigenvalue weighted by Gasteiger charge is 2.42. The van der Waals surface area contributed by atoms with Crippen LogP contribution in [0.1, 0.15) is 18.1 Å². The van der Waals surface area contributed by atoms with E-state index < -0.39 is 17.5 Å². The van der Waals surface area contributed by atoms with Gasteiger partial charge in [-0.15, -0.1) is 0 Å². The summed E-state index contributed by atoms with van der Waals surface area (Å²) in [6, 6.07) is 5.16. The van der Waals surface area contributed by atoms with Crippen molar-refractivity contribution in [2.24, 2.45) is 0 Å². The molecule has 0 aliphatic rings. The average molecular weight is 307 g/mol. The maximum absolute atomic E-state index is 13.8. The highest BCUT2D eigenvalue weighted by molar-refractivity contribution is 5.79. The Morgan fingerprint density at radius 2 is 1.82 bits per heavy atom. The van der Waals surface area contributed by atoms with Crippen LogP contribution < -0.4 is 5.32 Å². The summed E-state index contributed by atoms with van der Waals surface area (Å²) in [5.74, 6) is -4.87. The molecule has 0 unspecified atom stereocenters. The fourth-order valence-electron chi connectivity index (χ4n) is 1.69. The number of aromatic nitrogens is 2. The van der Waals surface area contributed by atoms with Crippen molar-refractivity contribution < 1.29 is 18.3 Å². The van der Waals surface area contributed by atoms with E-state index in [9.17, 15) is 13.6 Å². The first-order valence-corrected chi connectivity index (χ1v) is 6.64. The lowest BCUT2D eigenvalue weighted by Crippen LogP contribution is -2.28. The predicted octanol–water partition coefficient (Wildman–Crippen LogP) is 3.18. The summed E-state index contributed by atoms with van der Waals surface area (Å²) < 4.78 is 32.0. The fraction of sp³-hybridized carbons (Fsp3) is 0.267. The van der Waals surface area contributed by atoms with Crippen LogP contribution in [0, 0.1) is 6.92 Å². The van der Waals surface area contributed by atoms with E-state index in [0.29, 0.717) is 11.6 Å². The van der Waals surface area contributed by atoms with E-state index in [2.05, 4.69) is 20.0 Å². The first-order chi connectivity index (χ1) is 10.4. The van der Waals surface area contributed by atoms with E-state index in [0.717, 1.165) is 17.7 Å². The van der Waals surface area contributed by atoms with Crippen molar-refractivity contribution in [3.8, 4) is 0 Å². The Morgan fingerprint density at radius 1 is 1.23 bits per heavy atom. The Hall–Kier alpha value is -2.57. The maximum Gasteiger partial charge on any atom is 0.381 e. The molecule has 0 aliphatic carbocycles. The third kappa shape index (κ3) is 3.55. The topological polar surface area (TPSA) is 64.1 Å². The van der Waals surface area contributed by atoms with Gasteiger partial charge in [-0.1, -0.05) is 12.1 Å². The largest absolute Gasteiger partial charge is 0.461 e. The molecular formula is C15H15F2N3O2. The Labute approximate surface area is 126 Å². The maximum atomic E-state index is 13.8. The molecule has 2 aromatic rings. The summed E-state index contributed by atoms with van der Waals surface area (Å²) in [4.78, 5) is 19.4. The van der Waals surface area contributed by atoms with Crippen LogP contribution in [0.2, 0.25) is 0 Å². The van der Waals surface area contributed by atoms with Crippen LogP contribution in [0.25, 0.3) is 0 Å². The quantitative estimate of drug-likeness (QED) is 0.860. The highest BCUT2D eigenvalue weighted by Crippen LogP contribution is 2.30. The molecule has 2 rings (SSSR count). The number of aryl methyl sites for hydroxylation is 1. The van der Waals surface area contributed by atoms with Crippen molar-refractivity contribution in [2.75, 3.05) is 11.9 Å². The third-order valence-corrected chi connectivity index (χ3v) is 2.82. The van der Waals surface area contributed by atoms with Crippen molar-refractivity contribution in [1.29, 1.82) is 0 Å². The van der Waals surface area contributed by atoms with E-state index in [-0.39, 0.29) is 6.61 Å². The lowest BCUT2D eigenvalue weighted by atomic mass is 10.1. The van der Waals surface area contributed by atoms with Gasteiger partial charge in [-0.25, -0.2) is 14.8 Å². The van der Waals surface area contributed by atoms with E-state index in [1.807, 2.05) is 6.92 Å². The van der Waals surface area contributed by atoms with Crippen LogP contribution in [-0.4, -0.2) is 22.5 Å². The summed E-state index contributed by atoms with van der Waals surface area (Å²) in [6.45, 7) is 3.23. The van der Waals surface area contributed by atoms with Gasteiger partial charge in [0, 0.05) is 23.6 Å². The van der Waals surface area contributed by atoms with Crippen LogP contribution in [0.3, 0.4) is 0 Å². The molecule has 0 bridgehead atoms. The first kappa shape index (κ1) is 15.8. The normalized spacial score (nSPS) is 11.1. The second kappa shape index (κ2) is 6.46. The number of nitrogens with one attached hydrogen (secondary N) is 1. The summed E-state index contributed by atoms with van der Waals surface area (Å²) >= 11 is 0. The smallest absolute Gasteiger partial charge is 0.381 e. The number of anilines is 2. The summed E-state index contributed by atoms with van der Waals surface area (Å²) in [5, 5.41) is 2.88. The number of ether oxygens (including phenoxy) is 1. The molecule has 0 atom stereocenters. The van der Waals surface area contributed by atoms with Gasteiger partial charge in [-0.05, 0) is 31.5 Å². The zero-order valence-electron chi connectivity index (χ0n) is 12.1. The molecule has 0 radical (unpaired) electrons. The van der Waals surface area contributed by atoms with E-state index >= 15 is 0 Å². The Bertz CT molecular complexity index is 643. The van der Waals surface area contributed by atoms with Gasteiger partial charge in [0.05, 0.1) is 6.61 Å². The highest BCUT2D eigenvalue weighted by atomic mass is 19.3. The van der Waals surface area contributed by atoms with Gasteiger partial charge < -0.3 is 10.1 Å². The minimum absolute atomic E-state index is 0.0984. The molecular weight excluding hydrogens is 292 g/mol. The molecule has 22 heavy (non-hydrogen) atoms. The second-order valence-corrected chi connectivity index (χ2v) is 4.58. The van der Waals surface area contributed by atoms with Crippen molar-refractivity contribution >= 4 is 17.6 Å². The van der Waals surface area contributed by atoms with Crippen LogP contribution in [0.5, 0.6) is 0 Å². The number of carbonyl (C=O) groups excluding carboxylic acids is 1. The molecule has 0 saturated heterocycles. The average Bonchev–Trinajstić information content (AvgIpc) is 2.50. The van der Waals surface area contributed by atoms with E-state index in [1.165, 1.54) is 19.1 Å². The van der Waals surface area contributed by atoms with Crippen LogP contribution in [-0.2, 0) is 15.5 Å². The second-order valence-electron chi connectivity index (χ2n) is 4.58. The molecule has 5 nitrogen and oxygen atoms in total. The molecule has 1 N–H and O–H groups in total. The van der Waals surface area contributed by atoms with Gasteiger partial charge in [-0.2, -0.15) is 8.78 Å². The lowest BCUT2D eigenvalue weighted by molar-refractivity contribution is -0.173. The molecule has 0 amide bonds. The molecule has 0 spiro atoms. The number of benzene rings is 1. The zero-order valence-corrected chi connectivity index (χ0v) is 12.1. The van der Waals surface area contributed by atoms with Gasteiger partial charge >= 0.3 is 11.9 Å². The number of rotatable bonds is 5. The number of hydrogen-bond donors (Lipinski definition) is 1. The van der Waals surface area contributed by atoms with Gasteiger partial charge in [0.15, 0.2) is 0 Å². The molecule has 116 valence electrons. The SMILES string of the molecule is CCOC(=O)C(F)(F)c1ccc(Nc2ncc(C)cn2)cc1. The zero-order chi connectivity index (χ0) is 16.2. The third-order valence-electron chi connectivity index (χ3n) is 2.82. The van der Waals surface area contributed by atoms with Crippen LogP contribution in [0.15, 0.2) is 36.7 Å². The number of esters is 1. The van der Waals surface area contributed by atoms with Gasteiger partial charge in [0.1, 0.15) is 0 Å². The fourth-order valence-corrected chi connectivity index (χ4v) is 1.69. The Balaban J connectivity index is 2.13. The predicted molar refractivity (Wildman–Crippen MR) is 77.0 cm³/mol. The van der Waals surface area contributed by atoms with Gasteiger partial charge in [0.2, 0.25) is 5.95 Å². The molecule has 0 fully saturated rings. The van der Waals surface area contributed by atoms with Gasteiger partial charge in [-0.3, -0.25) is 0 Å². The molecule has 0 aliphatic heterocycles. The van der Waals surface area contributed by atoms with Gasteiger partial charge in [0.25, 0.3) is 0 Å². The van der Waals surface area contributed by atoms with E-state index in [4.69, 9.17) is 0 Å². The molecule has 1 heterocycles. The number of alkyl halides is 2. The first-order valence-electron chi connectivity index (χ1n) is 6.64. The van der Waals surface area contributed by atoms with Crippen LogP contribution >= 0.6 is 0 Å². The van der Waals surface area contributed by atoms with E-state index in [1.54, 1.807) is 12.4 Å². The molecule has 1 aromatic carbocycles. The van der Waals surface area contributed by atoms with Crippen molar-refractivity contribution in [3.63, 3.8) is 0 Å². The van der Waals surface area contributed by atoms with Crippen LogP contribution in [0.4, 0.5) is 20.4 Å². The molecule has 1 aromatic heterocycles. The van der Waals surface area contributed by atoms with Crippen molar-refractivity contribution in [3.05, 3.63) is 47.8 Å².